The van der Waals surface area contributed by atoms with E-state index in [1.54, 1.807) is 0 Å². The summed E-state index contributed by atoms with van der Waals surface area (Å²) in [5, 5.41) is 42.6. The predicted octanol–water partition coefficient (Wildman–Crippen LogP) is 4.65. The van der Waals surface area contributed by atoms with Crippen molar-refractivity contribution in [1.82, 2.24) is 0 Å². The molecular weight excluding hydrogens is 440 g/mol. The lowest BCUT2D eigenvalue weighted by Crippen LogP contribution is -2.59. The van der Waals surface area contributed by atoms with Crippen LogP contribution in [0.15, 0.2) is 11.6 Å². The fourth-order valence-corrected chi connectivity index (χ4v) is 9.61. The predicted molar refractivity (Wildman–Crippen MR) is 137 cm³/mol. The zero-order valence-corrected chi connectivity index (χ0v) is 23.3. The van der Waals surface area contributed by atoms with Gasteiger partial charge in [0.2, 0.25) is 0 Å². The van der Waals surface area contributed by atoms with Gasteiger partial charge in [-0.25, -0.2) is 0 Å². The normalized spacial score (nSPS) is 45.4. The van der Waals surface area contributed by atoms with Crippen LogP contribution in [0, 0.1) is 45.3 Å². The second kappa shape index (κ2) is 8.38. The number of Topliss-reactive ketones (excluding diaryl/α,β-unsaturated/α-hetero) is 1. The zero-order chi connectivity index (χ0) is 26.4. The first-order chi connectivity index (χ1) is 15.9. The van der Waals surface area contributed by atoms with E-state index in [4.69, 9.17) is 0 Å². The zero-order valence-electron chi connectivity index (χ0n) is 23.3. The fraction of sp³-hybridized carbons (Fsp3) is 0.900. The number of ketones is 1. The highest BCUT2D eigenvalue weighted by molar-refractivity contribution is 5.90. The molecule has 0 radical (unpaired) electrons. The second-order valence-electron chi connectivity index (χ2n) is 14.5. The Bertz CT molecular complexity index is 886. The van der Waals surface area contributed by atoms with Gasteiger partial charge in [0.25, 0.3) is 0 Å². The van der Waals surface area contributed by atoms with Gasteiger partial charge in [-0.05, 0) is 98.7 Å². The number of carbonyl (C=O) groups is 1. The number of fused-ring (bicyclic) bond motifs is 5. The molecule has 0 unspecified atom stereocenters. The maximum atomic E-state index is 12.5. The van der Waals surface area contributed by atoms with Crippen LogP contribution in [0.25, 0.3) is 0 Å². The highest BCUT2D eigenvalue weighted by atomic mass is 16.3. The smallest absolute Gasteiger partial charge is 0.194 e. The van der Waals surface area contributed by atoms with E-state index in [9.17, 15) is 25.2 Å². The lowest BCUT2D eigenvalue weighted by molar-refractivity contribution is -0.162. The summed E-state index contributed by atoms with van der Waals surface area (Å²) in [5.41, 5.74) is -0.0692. The van der Waals surface area contributed by atoms with E-state index in [-0.39, 0.29) is 39.6 Å². The fourth-order valence-electron chi connectivity index (χ4n) is 9.61. The number of allylic oxidation sites excluding steroid dienone is 1. The van der Waals surface area contributed by atoms with Crippen LogP contribution in [0.4, 0.5) is 0 Å². The summed E-state index contributed by atoms with van der Waals surface area (Å²) in [4.78, 5) is 12.5. The second-order valence-corrected chi connectivity index (χ2v) is 14.5. The first-order valence-electron chi connectivity index (χ1n) is 13.9. The molecule has 0 saturated heterocycles. The van der Waals surface area contributed by atoms with Gasteiger partial charge in [0.1, 0.15) is 11.7 Å². The number of rotatable bonds is 5. The van der Waals surface area contributed by atoms with Gasteiger partial charge in [0.05, 0.1) is 12.2 Å². The maximum Gasteiger partial charge on any atom is 0.194 e. The molecule has 0 aliphatic heterocycles. The first kappa shape index (κ1) is 27.3. The summed E-state index contributed by atoms with van der Waals surface area (Å²) in [5.74, 6) is 0.281. The number of aliphatic hydroxyl groups excluding tert-OH is 3. The average Bonchev–Trinajstić information content (AvgIpc) is 3.05. The Labute approximate surface area is 212 Å². The van der Waals surface area contributed by atoms with E-state index in [1.807, 2.05) is 6.92 Å². The molecule has 0 bridgehead atoms. The Morgan fingerprint density at radius 2 is 1.63 bits per heavy atom. The van der Waals surface area contributed by atoms with Crippen LogP contribution < -0.4 is 0 Å². The van der Waals surface area contributed by atoms with Gasteiger partial charge in [0, 0.05) is 5.41 Å². The number of hydrogen-bond donors (Lipinski definition) is 4. The van der Waals surface area contributed by atoms with E-state index >= 15 is 0 Å². The third-order valence-electron chi connectivity index (χ3n) is 12.3. The molecule has 5 heteroatoms. The van der Waals surface area contributed by atoms with E-state index in [1.165, 1.54) is 19.4 Å². The third kappa shape index (κ3) is 3.73. The van der Waals surface area contributed by atoms with Crippen LogP contribution in [0.3, 0.4) is 0 Å². The monoisotopic (exact) mass is 490 g/mol. The number of carbonyl (C=O) groups excluding carboxylic acids is 1. The molecule has 4 N–H and O–H groups in total. The molecule has 4 aliphatic rings. The molecule has 0 amide bonds. The molecule has 10 atom stereocenters. The minimum atomic E-state index is -1.67. The molecular formula is C30H50O5. The van der Waals surface area contributed by atoms with Crippen LogP contribution in [0.2, 0.25) is 0 Å². The van der Waals surface area contributed by atoms with Crippen molar-refractivity contribution in [3.05, 3.63) is 11.6 Å². The van der Waals surface area contributed by atoms with Crippen molar-refractivity contribution in [3.8, 4) is 0 Å². The highest BCUT2D eigenvalue weighted by Gasteiger charge is 2.67. The largest absolute Gasteiger partial charge is 0.392 e. The van der Waals surface area contributed by atoms with Crippen LogP contribution in [-0.2, 0) is 4.79 Å². The molecule has 3 fully saturated rings. The van der Waals surface area contributed by atoms with Gasteiger partial charge in [-0.3, -0.25) is 4.79 Å². The lowest BCUT2D eigenvalue weighted by atomic mass is 9.39. The van der Waals surface area contributed by atoms with E-state index in [2.05, 4.69) is 40.7 Å². The van der Waals surface area contributed by atoms with Crippen LogP contribution in [0.5, 0.6) is 0 Å². The van der Waals surface area contributed by atoms with Crippen molar-refractivity contribution in [3.63, 3.8) is 0 Å². The van der Waals surface area contributed by atoms with Crippen molar-refractivity contribution in [2.45, 2.75) is 124 Å². The van der Waals surface area contributed by atoms with Gasteiger partial charge in [0.15, 0.2) is 5.78 Å². The van der Waals surface area contributed by atoms with Crippen LogP contribution in [-0.4, -0.2) is 50.1 Å². The minimum Gasteiger partial charge on any atom is -0.392 e. The molecule has 3 saturated carbocycles. The van der Waals surface area contributed by atoms with Crippen molar-refractivity contribution in [2.75, 3.05) is 0 Å². The molecule has 0 heterocycles. The van der Waals surface area contributed by atoms with Crippen molar-refractivity contribution in [2.24, 2.45) is 45.3 Å². The average molecular weight is 491 g/mol. The van der Waals surface area contributed by atoms with Crippen LogP contribution >= 0.6 is 0 Å². The minimum absolute atomic E-state index is 0.00408. The SMILES string of the molecule is C[C@H]([C@H](O)[C@@H](O)C(=O)C(C)(C)O)[C@H]1CC[C@@]2(C)[C@@H]3CC=C4[C@@H](CC[C@H](O)C4(C)C)[C@]3(C)CC[C@]12C. The molecule has 0 aromatic carbocycles. The summed E-state index contributed by atoms with van der Waals surface area (Å²) < 4.78 is 0. The molecule has 200 valence electrons. The molecule has 5 nitrogen and oxygen atoms in total. The topological polar surface area (TPSA) is 98.0 Å². The lowest BCUT2D eigenvalue weighted by Gasteiger charge is -2.66. The summed E-state index contributed by atoms with van der Waals surface area (Å²) in [6.45, 7) is 16.5. The summed E-state index contributed by atoms with van der Waals surface area (Å²) in [7, 11) is 0. The quantitative estimate of drug-likeness (QED) is 0.421. The van der Waals surface area contributed by atoms with Gasteiger partial charge in [-0.15, -0.1) is 0 Å². The Morgan fingerprint density at radius 1 is 1.00 bits per heavy atom. The van der Waals surface area contributed by atoms with Gasteiger partial charge >= 0.3 is 0 Å². The van der Waals surface area contributed by atoms with E-state index < -0.39 is 23.6 Å². The standard InChI is InChI=1S/C30H50O5/c1-17(23(32)24(33)25(34)27(4,5)35)18-13-14-30(8)21-11-9-19-20(10-12-22(31)26(19,2)3)28(21,6)15-16-29(18,30)7/h9,17-18,20-24,31-33,35H,10-16H2,1-8H3/t17-,18+,20+,21+,22-,23-,24+,28-,29+,30-/m0/s1. The van der Waals surface area contributed by atoms with E-state index in [0.717, 1.165) is 44.9 Å². The van der Waals surface area contributed by atoms with Gasteiger partial charge in [-0.2, -0.15) is 0 Å². The van der Waals surface area contributed by atoms with Crippen molar-refractivity contribution < 1.29 is 25.2 Å². The Balaban J connectivity index is 1.63. The molecule has 35 heavy (non-hydrogen) atoms. The van der Waals surface area contributed by atoms with Gasteiger partial charge in [-0.1, -0.05) is 53.2 Å². The Hall–Kier alpha value is -0.750. The highest BCUT2D eigenvalue weighted by Crippen LogP contribution is 2.75. The van der Waals surface area contributed by atoms with Crippen molar-refractivity contribution in [1.29, 1.82) is 0 Å². The number of hydrogen-bond acceptors (Lipinski definition) is 5. The summed E-state index contributed by atoms with van der Waals surface area (Å²) in [6, 6.07) is 0. The summed E-state index contributed by atoms with van der Waals surface area (Å²) >= 11 is 0. The van der Waals surface area contributed by atoms with Crippen LogP contribution in [0.1, 0.15) is 100 Å². The molecule has 4 aliphatic carbocycles. The molecule has 4 rings (SSSR count). The molecule has 0 aromatic rings. The van der Waals surface area contributed by atoms with Crippen molar-refractivity contribution >= 4 is 5.78 Å². The Kier molecular flexibility index (Phi) is 6.53. The molecule has 0 aromatic heterocycles. The number of aliphatic hydroxyl groups is 4. The first-order valence-corrected chi connectivity index (χ1v) is 13.9. The maximum absolute atomic E-state index is 12.5. The van der Waals surface area contributed by atoms with E-state index in [0.29, 0.717) is 11.8 Å². The Morgan fingerprint density at radius 3 is 2.23 bits per heavy atom. The molecule has 0 spiro atoms. The summed E-state index contributed by atoms with van der Waals surface area (Å²) in [6.07, 6.45) is 6.64. The third-order valence-corrected chi connectivity index (χ3v) is 12.3. The van der Waals surface area contributed by atoms with Gasteiger partial charge < -0.3 is 20.4 Å².